The van der Waals surface area contributed by atoms with Crippen molar-refractivity contribution in [3.05, 3.63) is 33.9 Å². The SMILES string of the molecule is Oc1[nH]c(=S)[nH]c1C=C1C=Nc2ncc(C(F)(F)F)cc21. The lowest BCUT2D eigenvalue weighted by atomic mass is 10.1. The van der Waals surface area contributed by atoms with Gasteiger partial charge in [0.05, 0.1) is 5.56 Å². The maximum absolute atomic E-state index is 12.7. The molecule has 1 aliphatic heterocycles. The second kappa shape index (κ2) is 4.55. The van der Waals surface area contributed by atoms with Gasteiger partial charge in [-0.2, -0.15) is 13.2 Å². The molecule has 3 heterocycles. The van der Waals surface area contributed by atoms with Crippen molar-refractivity contribution in [3.63, 3.8) is 0 Å². The number of H-pyrrole nitrogens is 2. The van der Waals surface area contributed by atoms with Crippen molar-refractivity contribution in [2.24, 2.45) is 4.99 Å². The van der Waals surface area contributed by atoms with Crippen LogP contribution in [0.2, 0.25) is 0 Å². The molecule has 0 fully saturated rings. The van der Waals surface area contributed by atoms with Crippen LogP contribution >= 0.6 is 12.2 Å². The summed E-state index contributed by atoms with van der Waals surface area (Å²) in [5.74, 6) is -0.00263. The zero-order valence-corrected chi connectivity index (χ0v) is 11.0. The number of fused-ring (bicyclic) bond motifs is 1. The van der Waals surface area contributed by atoms with E-state index in [9.17, 15) is 18.3 Å². The highest BCUT2D eigenvalue weighted by Crippen LogP contribution is 2.36. The molecule has 108 valence electrons. The topological polar surface area (TPSA) is 77.1 Å². The van der Waals surface area contributed by atoms with Gasteiger partial charge in [-0.15, -0.1) is 0 Å². The summed E-state index contributed by atoms with van der Waals surface area (Å²) in [4.78, 5) is 12.8. The Morgan fingerprint density at radius 1 is 1.29 bits per heavy atom. The number of hydrogen-bond donors (Lipinski definition) is 3. The minimum atomic E-state index is -4.48. The molecule has 2 aromatic heterocycles. The second-order valence-corrected chi connectivity index (χ2v) is 4.70. The zero-order valence-electron chi connectivity index (χ0n) is 10.2. The van der Waals surface area contributed by atoms with Gasteiger partial charge >= 0.3 is 6.18 Å². The minimum absolute atomic E-state index is 0.197. The van der Waals surface area contributed by atoms with E-state index in [0.29, 0.717) is 5.57 Å². The second-order valence-electron chi connectivity index (χ2n) is 4.29. The van der Waals surface area contributed by atoms with Gasteiger partial charge in [0, 0.05) is 23.5 Å². The van der Waals surface area contributed by atoms with Crippen LogP contribution in [0.3, 0.4) is 0 Å². The highest BCUT2D eigenvalue weighted by molar-refractivity contribution is 7.71. The fraction of sp³-hybridized carbons (Fsp3) is 0.0833. The molecule has 0 saturated carbocycles. The Balaban J connectivity index is 2.09. The smallest absolute Gasteiger partial charge is 0.417 e. The summed E-state index contributed by atoms with van der Waals surface area (Å²) in [6, 6.07) is 0.972. The number of rotatable bonds is 1. The van der Waals surface area contributed by atoms with Crippen LogP contribution in [0.15, 0.2) is 17.3 Å². The number of nitrogens with zero attached hydrogens (tertiary/aromatic N) is 2. The first-order valence-corrected chi connectivity index (χ1v) is 6.10. The van der Waals surface area contributed by atoms with Gasteiger partial charge in [0.15, 0.2) is 10.6 Å². The van der Waals surface area contributed by atoms with Crippen molar-refractivity contribution in [2.45, 2.75) is 6.18 Å². The molecule has 3 rings (SSSR count). The van der Waals surface area contributed by atoms with Gasteiger partial charge < -0.3 is 15.1 Å². The third kappa shape index (κ3) is 2.47. The fourth-order valence-corrected chi connectivity index (χ4v) is 2.10. The van der Waals surface area contributed by atoms with Gasteiger partial charge in [0.25, 0.3) is 0 Å². The van der Waals surface area contributed by atoms with Crippen LogP contribution in [0.5, 0.6) is 5.88 Å². The molecule has 0 amide bonds. The monoisotopic (exact) mass is 312 g/mol. The summed E-state index contributed by atoms with van der Waals surface area (Å²) < 4.78 is 38.3. The van der Waals surface area contributed by atoms with E-state index in [1.165, 1.54) is 12.3 Å². The van der Waals surface area contributed by atoms with E-state index in [4.69, 9.17) is 12.2 Å². The predicted molar refractivity (Wildman–Crippen MR) is 72.9 cm³/mol. The molecular formula is C12H7F3N4OS. The van der Waals surface area contributed by atoms with Crippen LogP contribution in [0.25, 0.3) is 11.6 Å². The van der Waals surface area contributed by atoms with E-state index in [2.05, 4.69) is 19.9 Å². The fourth-order valence-electron chi connectivity index (χ4n) is 1.89. The van der Waals surface area contributed by atoms with Crippen LogP contribution in [-0.2, 0) is 6.18 Å². The van der Waals surface area contributed by atoms with Crippen molar-refractivity contribution in [3.8, 4) is 5.88 Å². The zero-order chi connectivity index (χ0) is 15.2. The summed E-state index contributed by atoms with van der Waals surface area (Å²) >= 11 is 4.81. The number of nitrogens with one attached hydrogen (secondary N) is 2. The maximum Gasteiger partial charge on any atom is 0.417 e. The summed E-state index contributed by atoms with van der Waals surface area (Å²) in [7, 11) is 0. The van der Waals surface area contributed by atoms with E-state index in [0.717, 1.165) is 12.3 Å². The third-order valence-corrected chi connectivity index (χ3v) is 3.07. The van der Waals surface area contributed by atoms with Crippen LogP contribution < -0.4 is 0 Å². The van der Waals surface area contributed by atoms with Crippen molar-refractivity contribution in [2.75, 3.05) is 0 Å². The summed E-state index contributed by atoms with van der Waals surface area (Å²) in [6.07, 6.45) is -0.924. The Morgan fingerprint density at radius 3 is 2.67 bits per heavy atom. The van der Waals surface area contributed by atoms with Gasteiger partial charge in [0.1, 0.15) is 5.69 Å². The van der Waals surface area contributed by atoms with Gasteiger partial charge in [-0.3, -0.25) is 0 Å². The Hall–Kier alpha value is -2.42. The molecule has 0 bridgehead atoms. The molecule has 2 aromatic rings. The van der Waals surface area contributed by atoms with E-state index >= 15 is 0 Å². The molecule has 0 spiro atoms. The highest BCUT2D eigenvalue weighted by atomic mass is 32.1. The lowest BCUT2D eigenvalue weighted by molar-refractivity contribution is -0.137. The number of pyridine rings is 1. The Bertz CT molecular complexity index is 832. The van der Waals surface area contributed by atoms with E-state index in [1.54, 1.807) is 0 Å². The lowest BCUT2D eigenvalue weighted by Gasteiger charge is -2.07. The number of aliphatic imine (C=N–C) groups is 1. The number of aromatic amines is 2. The lowest BCUT2D eigenvalue weighted by Crippen LogP contribution is -2.05. The Morgan fingerprint density at radius 2 is 2.05 bits per heavy atom. The third-order valence-electron chi connectivity index (χ3n) is 2.87. The standard InChI is InChI=1S/C12H7F3N4OS/c13-12(14,15)6-2-7-5(3-16-9(7)17-4-6)1-8-10(20)19-11(21)18-8/h1-4,20H,(H2,18,19,21). The van der Waals surface area contributed by atoms with Crippen LogP contribution in [0.1, 0.15) is 16.8 Å². The van der Waals surface area contributed by atoms with Gasteiger partial charge in [-0.1, -0.05) is 0 Å². The molecule has 0 atom stereocenters. The van der Waals surface area contributed by atoms with Gasteiger partial charge in [-0.05, 0) is 24.4 Å². The quantitative estimate of drug-likeness (QED) is 0.706. The van der Waals surface area contributed by atoms with Crippen LogP contribution in [0.4, 0.5) is 19.0 Å². The molecule has 0 radical (unpaired) electrons. The highest BCUT2D eigenvalue weighted by Gasteiger charge is 2.32. The molecule has 3 N–H and O–H groups in total. The van der Waals surface area contributed by atoms with Crippen molar-refractivity contribution in [1.29, 1.82) is 0 Å². The van der Waals surface area contributed by atoms with E-state index in [1.807, 2.05) is 0 Å². The number of alkyl halides is 3. The summed E-state index contributed by atoms with van der Waals surface area (Å²) in [5.41, 5.74) is 0.0319. The maximum atomic E-state index is 12.7. The summed E-state index contributed by atoms with van der Waals surface area (Å²) in [6.45, 7) is 0. The molecule has 1 aliphatic rings. The molecule has 0 unspecified atom stereocenters. The van der Waals surface area contributed by atoms with E-state index in [-0.39, 0.29) is 27.7 Å². The minimum Gasteiger partial charge on any atom is -0.493 e. The van der Waals surface area contributed by atoms with Crippen molar-refractivity contribution in [1.82, 2.24) is 15.0 Å². The number of hydrogen-bond acceptors (Lipinski definition) is 4. The van der Waals surface area contributed by atoms with Crippen LogP contribution in [0, 0.1) is 4.77 Å². The molecule has 0 aromatic carbocycles. The van der Waals surface area contributed by atoms with Crippen molar-refractivity contribution < 1.29 is 18.3 Å². The molecular weight excluding hydrogens is 305 g/mol. The first-order chi connectivity index (χ1) is 9.84. The molecule has 5 nitrogen and oxygen atoms in total. The molecule has 9 heteroatoms. The normalized spacial score (nSPS) is 15.7. The number of allylic oxidation sites excluding steroid dienone is 1. The Kier molecular flexibility index (Phi) is 2.94. The summed E-state index contributed by atoms with van der Waals surface area (Å²) in [5, 5.41) is 9.59. The average molecular weight is 312 g/mol. The van der Waals surface area contributed by atoms with E-state index < -0.39 is 11.7 Å². The number of halogens is 3. The molecule has 21 heavy (non-hydrogen) atoms. The average Bonchev–Trinajstić information content (AvgIpc) is 2.93. The first kappa shape index (κ1) is 13.6. The van der Waals surface area contributed by atoms with Crippen LogP contribution in [-0.4, -0.2) is 26.3 Å². The molecule has 0 aliphatic carbocycles. The molecule has 0 saturated heterocycles. The first-order valence-electron chi connectivity index (χ1n) is 5.69. The number of aromatic hydroxyl groups is 1. The van der Waals surface area contributed by atoms with Gasteiger partial charge in [-0.25, -0.2) is 9.98 Å². The Labute approximate surface area is 120 Å². The van der Waals surface area contributed by atoms with Crippen molar-refractivity contribution >= 4 is 35.9 Å². The number of aromatic nitrogens is 3. The van der Waals surface area contributed by atoms with Gasteiger partial charge in [0.2, 0.25) is 5.88 Å². The number of imidazole rings is 1. The largest absolute Gasteiger partial charge is 0.493 e. The predicted octanol–water partition coefficient (Wildman–Crippen LogP) is 3.45.